The lowest BCUT2D eigenvalue weighted by Gasteiger charge is -2.34. The van der Waals surface area contributed by atoms with Gasteiger partial charge in [-0.1, -0.05) is 6.07 Å². The number of benzene rings is 1. The van der Waals surface area contributed by atoms with Crippen molar-refractivity contribution >= 4 is 11.3 Å². The normalized spacial score (nSPS) is 16.0. The first-order chi connectivity index (χ1) is 12.8. The van der Waals surface area contributed by atoms with Crippen molar-refractivity contribution in [2.75, 3.05) is 33.3 Å². The van der Waals surface area contributed by atoms with Gasteiger partial charge in [-0.05, 0) is 41.3 Å². The van der Waals surface area contributed by atoms with E-state index in [0.29, 0.717) is 0 Å². The minimum atomic E-state index is 0.896. The number of ether oxygens (including phenoxy) is 1. The summed E-state index contributed by atoms with van der Waals surface area (Å²) in [5, 5.41) is 6.56. The van der Waals surface area contributed by atoms with E-state index in [1.807, 2.05) is 40.5 Å². The van der Waals surface area contributed by atoms with Crippen molar-refractivity contribution in [1.29, 1.82) is 0 Å². The van der Waals surface area contributed by atoms with Crippen LogP contribution in [0.1, 0.15) is 10.4 Å². The zero-order valence-corrected chi connectivity index (χ0v) is 15.9. The minimum Gasteiger partial charge on any atom is -0.497 e. The van der Waals surface area contributed by atoms with Gasteiger partial charge in [0.1, 0.15) is 5.75 Å². The van der Waals surface area contributed by atoms with E-state index in [1.165, 1.54) is 10.4 Å². The molecule has 0 spiro atoms. The molecule has 136 valence electrons. The van der Waals surface area contributed by atoms with E-state index >= 15 is 0 Å². The summed E-state index contributed by atoms with van der Waals surface area (Å²) in [5.41, 5.74) is 2.37. The summed E-state index contributed by atoms with van der Waals surface area (Å²) < 4.78 is 7.37. The average Bonchev–Trinajstić information content (AvgIpc) is 3.37. The molecule has 3 aromatic rings. The van der Waals surface area contributed by atoms with Crippen LogP contribution >= 0.6 is 11.3 Å². The summed E-state index contributed by atoms with van der Waals surface area (Å²) >= 11 is 1.85. The fraction of sp³-hybridized carbons (Fsp3) is 0.350. The van der Waals surface area contributed by atoms with Gasteiger partial charge in [0.2, 0.25) is 0 Å². The number of methoxy groups -OCH3 is 1. The van der Waals surface area contributed by atoms with Gasteiger partial charge >= 0.3 is 0 Å². The van der Waals surface area contributed by atoms with Crippen molar-refractivity contribution in [3.63, 3.8) is 0 Å². The van der Waals surface area contributed by atoms with Crippen LogP contribution in [0.4, 0.5) is 0 Å². The summed E-state index contributed by atoms with van der Waals surface area (Å²) in [6, 6.07) is 12.5. The lowest BCUT2D eigenvalue weighted by atomic mass is 10.1. The maximum absolute atomic E-state index is 5.44. The van der Waals surface area contributed by atoms with Crippen LogP contribution in [0, 0.1) is 0 Å². The van der Waals surface area contributed by atoms with Gasteiger partial charge < -0.3 is 4.74 Å². The molecule has 1 saturated heterocycles. The van der Waals surface area contributed by atoms with Crippen LogP contribution in [0.2, 0.25) is 0 Å². The number of hydrogen-bond acceptors (Lipinski definition) is 5. The van der Waals surface area contributed by atoms with Gasteiger partial charge in [0.15, 0.2) is 0 Å². The van der Waals surface area contributed by atoms with Crippen LogP contribution in [-0.4, -0.2) is 52.9 Å². The van der Waals surface area contributed by atoms with E-state index in [0.717, 1.165) is 50.7 Å². The Hall–Kier alpha value is -2.15. The molecular weight excluding hydrogens is 344 g/mol. The first-order valence-corrected chi connectivity index (χ1v) is 9.84. The molecule has 26 heavy (non-hydrogen) atoms. The minimum absolute atomic E-state index is 0.896. The fourth-order valence-electron chi connectivity index (χ4n) is 3.42. The molecule has 5 nitrogen and oxygen atoms in total. The SMILES string of the molecule is COc1ccc(-n2cccn2)c(CN2CCN(Cc3cccs3)CC2)c1. The van der Waals surface area contributed by atoms with Crippen molar-refractivity contribution in [3.8, 4) is 11.4 Å². The van der Waals surface area contributed by atoms with Crippen LogP contribution < -0.4 is 4.74 Å². The topological polar surface area (TPSA) is 33.5 Å². The van der Waals surface area contributed by atoms with Gasteiger partial charge in [0, 0.05) is 56.5 Å². The molecule has 0 radical (unpaired) electrons. The van der Waals surface area contributed by atoms with Gasteiger partial charge in [-0.15, -0.1) is 11.3 Å². The highest BCUT2D eigenvalue weighted by atomic mass is 32.1. The summed E-state index contributed by atoms with van der Waals surface area (Å²) in [4.78, 5) is 6.52. The second-order valence-electron chi connectivity index (χ2n) is 6.58. The van der Waals surface area contributed by atoms with E-state index < -0.39 is 0 Å². The standard InChI is InChI=1S/C20H24N4OS/c1-25-18-5-6-20(24-8-3-7-21-24)17(14-18)15-22-9-11-23(12-10-22)16-19-4-2-13-26-19/h2-8,13-14H,9-12,15-16H2,1H3. The van der Waals surface area contributed by atoms with Crippen LogP contribution in [0.5, 0.6) is 5.75 Å². The van der Waals surface area contributed by atoms with Crippen LogP contribution in [0.15, 0.2) is 54.2 Å². The molecule has 0 amide bonds. The Morgan fingerprint density at radius 3 is 2.50 bits per heavy atom. The smallest absolute Gasteiger partial charge is 0.119 e. The lowest BCUT2D eigenvalue weighted by molar-refractivity contribution is 0.122. The Bertz CT molecular complexity index is 808. The zero-order valence-electron chi connectivity index (χ0n) is 15.0. The predicted molar refractivity (Wildman–Crippen MR) is 105 cm³/mol. The number of thiophene rings is 1. The summed E-state index contributed by atoms with van der Waals surface area (Å²) in [5.74, 6) is 0.896. The number of hydrogen-bond donors (Lipinski definition) is 0. The molecule has 1 aliphatic heterocycles. The van der Waals surface area contributed by atoms with Crippen LogP contribution in [0.25, 0.3) is 5.69 Å². The molecule has 2 aromatic heterocycles. The van der Waals surface area contributed by atoms with E-state index in [1.54, 1.807) is 7.11 Å². The third-order valence-corrected chi connectivity index (χ3v) is 5.72. The Kier molecular flexibility index (Phi) is 5.34. The van der Waals surface area contributed by atoms with Gasteiger partial charge in [-0.3, -0.25) is 9.80 Å². The highest BCUT2D eigenvalue weighted by molar-refractivity contribution is 7.09. The molecule has 1 fully saturated rings. The number of rotatable bonds is 6. The maximum atomic E-state index is 5.44. The number of piperazine rings is 1. The van der Waals surface area contributed by atoms with Crippen molar-refractivity contribution < 1.29 is 4.74 Å². The summed E-state index contributed by atoms with van der Waals surface area (Å²) in [7, 11) is 1.72. The number of aromatic nitrogens is 2. The molecule has 4 rings (SSSR count). The maximum Gasteiger partial charge on any atom is 0.119 e. The van der Waals surface area contributed by atoms with E-state index in [-0.39, 0.29) is 0 Å². The van der Waals surface area contributed by atoms with E-state index in [9.17, 15) is 0 Å². The Labute approximate surface area is 158 Å². The monoisotopic (exact) mass is 368 g/mol. The second kappa shape index (κ2) is 8.03. The molecule has 0 saturated carbocycles. The second-order valence-corrected chi connectivity index (χ2v) is 7.61. The van der Waals surface area contributed by atoms with Crippen molar-refractivity contribution in [3.05, 3.63) is 64.6 Å². The first-order valence-electron chi connectivity index (χ1n) is 8.96. The molecule has 0 aliphatic carbocycles. The van der Waals surface area contributed by atoms with Crippen LogP contribution in [0.3, 0.4) is 0 Å². The van der Waals surface area contributed by atoms with Crippen molar-refractivity contribution in [2.24, 2.45) is 0 Å². The number of nitrogens with zero attached hydrogens (tertiary/aromatic N) is 4. The highest BCUT2D eigenvalue weighted by Crippen LogP contribution is 2.23. The van der Waals surface area contributed by atoms with E-state index in [2.05, 4.69) is 44.5 Å². The molecule has 1 aromatic carbocycles. The molecule has 0 bridgehead atoms. The van der Waals surface area contributed by atoms with Crippen molar-refractivity contribution in [1.82, 2.24) is 19.6 Å². The molecule has 6 heteroatoms. The molecule has 3 heterocycles. The fourth-order valence-corrected chi connectivity index (χ4v) is 4.17. The van der Waals surface area contributed by atoms with Gasteiger partial charge in [0.25, 0.3) is 0 Å². The zero-order chi connectivity index (χ0) is 17.8. The van der Waals surface area contributed by atoms with Crippen LogP contribution in [-0.2, 0) is 13.1 Å². The third kappa shape index (κ3) is 3.98. The first kappa shape index (κ1) is 17.3. The summed E-state index contributed by atoms with van der Waals surface area (Å²) in [6.45, 7) is 6.38. The lowest BCUT2D eigenvalue weighted by Crippen LogP contribution is -2.45. The van der Waals surface area contributed by atoms with Crippen molar-refractivity contribution in [2.45, 2.75) is 13.1 Å². The Morgan fingerprint density at radius 2 is 1.85 bits per heavy atom. The van der Waals surface area contributed by atoms with Gasteiger partial charge in [-0.2, -0.15) is 5.10 Å². The predicted octanol–water partition coefficient (Wildman–Crippen LogP) is 3.26. The van der Waals surface area contributed by atoms with E-state index in [4.69, 9.17) is 4.74 Å². The largest absolute Gasteiger partial charge is 0.497 e. The molecule has 0 N–H and O–H groups in total. The molecular formula is C20H24N4OS. The summed E-state index contributed by atoms with van der Waals surface area (Å²) in [6.07, 6.45) is 3.81. The Morgan fingerprint density at radius 1 is 1.04 bits per heavy atom. The average molecular weight is 369 g/mol. The van der Waals surface area contributed by atoms with Gasteiger partial charge in [-0.25, -0.2) is 4.68 Å². The molecule has 0 atom stereocenters. The third-order valence-electron chi connectivity index (χ3n) is 4.86. The Balaban J connectivity index is 1.43. The quantitative estimate of drug-likeness (QED) is 0.669. The molecule has 1 aliphatic rings. The van der Waals surface area contributed by atoms with Gasteiger partial charge in [0.05, 0.1) is 12.8 Å². The molecule has 0 unspecified atom stereocenters. The highest BCUT2D eigenvalue weighted by Gasteiger charge is 2.19.